The average Bonchev–Trinajstić information content (AvgIpc) is 1.97. The second-order valence-corrected chi connectivity index (χ2v) is 30.4. The summed E-state index contributed by atoms with van der Waals surface area (Å²) in [6.45, 7) is 7.30. The normalized spacial score (nSPS) is 14.0. The molecule has 5 atom stereocenters. The van der Waals surface area contributed by atoms with Crippen molar-refractivity contribution in [1.29, 1.82) is 0 Å². The number of carbonyl (C=O) groups is 4. The maximum Gasteiger partial charge on any atom is 0.472 e. The SMILES string of the molecule is CCCCCCCCCCCCCCCC(=O)OC[C@H](COP(=O)(O)OC[C@@H](O)COP(=O)(O)OC[C@@H](COC(=O)CCCCCCCCCCCC)OC(=O)CCCCCCCCCCCC)OC(=O)CCCCCCCCCCCCCCCCCCCCC(C)C. The van der Waals surface area contributed by atoms with E-state index in [1.54, 1.807) is 0 Å². The van der Waals surface area contributed by atoms with Crippen LogP contribution in [0.4, 0.5) is 0 Å². The molecule has 0 aromatic carbocycles. The number of rotatable bonds is 75. The third kappa shape index (κ3) is 68.6. The average molecular weight is 1380 g/mol. The van der Waals surface area contributed by atoms with E-state index in [9.17, 15) is 43.2 Å². The second kappa shape index (κ2) is 68.2. The van der Waals surface area contributed by atoms with E-state index in [0.29, 0.717) is 25.7 Å². The fraction of sp³-hybridized carbons (Fsp3) is 0.947. The maximum atomic E-state index is 13.1. The lowest BCUT2D eigenvalue weighted by Gasteiger charge is -2.21. The zero-order chi connectivity index (χ0) is 69.1. The fourth-order valence-corrected chi connectivity index (χ4v) is 13.1. The topological polar surface area (TPSA) is 237 Å². The number of ether oxygens (including phenoxy) is 4. The summed E-state index contributed by atoms with van der Waals surface area (Å²) >= 11 is 0. The minimum atomic E-state index is -4.95. The first-order valence-corrected chi connectivity index (χ1v) is 42.1. The molecule has 0 radical (unpaired) electrons. The van der Waals surface area contributed by atoms with Crippen LogP contribution in [0.25, 0.3) is 0 Å². The van der Waals surface area contributed by atoms with E-state index in [0.717, 1.165) is 95.8 Å². The van der Waals surface area contributed by atoms with Gasteiger partial charge in [0.25, 0.3) is 0 Å². The first kappa shape index (κ1) is 92.1. The predicted molar refractivity (Wildman–Crippen MR) is 382 cm³/mol. The van der Waals surface area contributed by atoms with Gasteiger partial charge in [0.2, 0.25) is 0 Å². The van der Waals surface area contributed by atoms with Crippen molar-refractivity contribution in [2.24, 2.45) is 5.92 Å². The van der Waals surface area contributed by atoms with Crippen molar-refractivity contribution in [1.82, 2.24) is 0 Å². The molecular weight excluding hydrogens is 1230 g/mol. The zero-order valence-corrected chi connectivity index (χ0v) is 62.9. The minimum absolute atomic E-state index is 0.107. The highest BCUT2D eigenvalue weighted by Gasteiger charge is 2.30. The lowest BCUT2D eigenvalue weighted by atomic mass is 10.0. The van der Waals surface area contributed by atoms with E-state index in [2.05, 4.69) is 34.6 Å². The molecule has 0 rings (SSSR count). The quantitative estimate of drug-likeness (QED) is 0.0222. The highest BCUT2D eigenvalue weighted by Crippen LogP contribution is 2.45. The molecule has 2 unspecified atom stereocenters. The van der Waals surface area contributed by atoms with Gasteiger partial charge < -0.3 is 33.8 Å². The van der Waals surface area contributed by atoms with E-state index in [1.807, 2.05) is 0 Å². The third-order valence-corrected chi connectivity index (χ3v) is 19.4. The van der Waals surface area contributed by atoms with Crippen molar-refractivity contribution in [2.75, 3.05) is 39.6 Å². The van der Waals surface area contributed by atoms with Gasteiger partial charge >= 0.3 is 39.5 Å². The summed E-state index contributed by atoms with van der Waals surface area (Å²) in [6.07, 6.45) is 56.8. The molecule has 0 aromatic heterocycles. The number of phosphoric acid groups is 2. The molecule has 0 bridgehead atoms. The molecule has 17 nitrogen and oxygen atoms in total. The van der Waals surface area contributed by atoms with Crippen LogP contribution in [0.1, 0.15) is 394 Å². The first-order chi connectivity index (χ1) is 45.5. The highest BCUT2D eigenvalue weighted by molar-refractivity contribution is 7.47. The largest absolute Gasteiger partial charge is 0.472 e. The fourth-order valence-electron chi connectivity index (χ4n) is 11.5. The van der Waals surface area contributed by atoms with Gasteiger partial charge in [0, 0.05) is 25.7 Å². The Morgan fingerprint density at radius 2 is 0.489 bits per heavy atom. The third-order valence-electron chi connectivity index (χ3n) is 17.5. The Kier molecular flexibility index (Phi) is 66.8. The van der Waals surface area contributed by atoms with Crippen LogP contribution in [0, 0.1) is 5.92 Å². The van der Waals surface area contributed by atoms with Gasteiger partial charge in [0.15, 0.2) is 12.2 Å². The number of aliphatic hydroxyl groups is 1. The first-order valence-electron chi connectivity index (χ1n) is 39.1. The molecule has 0 aromatic rings. The molecule has 3 N–H and O–H groups in total. The summed E-state index contributed by atoms with van der Waals surface area (Å²) < 4.78 is 68.4. The number of phosphoric ester groups is 2. The summed E-state index contributed by atoms with van der Waals surface area (Å²) in [5, 5.41) is 10.6. The summed E-state index contributed by atoms with van der Waals surface area (Å²) in [5.41, 5.74) is 0. The lowest BCUT2D eigenvalue weighted by Crippen LogP contribution is -2.30. The van der Waals surface area contributed by atoms with Gasteiger partial charge in [-0.15, -0.1) is 0 Å². The molecule has 0 spiro atoms. The van der Waals surface area contributed by atoms with Gasteiger partial charge in [-0.1, -0.05) is 343 Å². The molecule has 94 heavy (non-hydrogen) atoms. The number of unbranched alkanes of at least 4 members (excludes halogenated alkanes) is 47. The van der Waals surface area contributed by atoms with E-state index in [1.165, 1.54) is 218 Å². The molecule has 0 aliphatic heterocycles. The van der Waals surface area contributed by atoms with Crippen molar-refractivity contribution in [3.8, 4) is 0 Å². The summed E-state index contributed by atoms with van der Waals surface area (Å²) in [4.78, 5) is 72.7. The number of aliphatic hydroxyl groups excluding tert-OH is 1. The highest BCUT2D eigenvalue weighted by atomic mass is 31.2. The van der Waals surface area contributed by atoms with Gasteiger partial charge in [-0.2, -0.15) is 0 Å². The van der Waals surface area contributed by atoms with Crippen molar-refractivity contribution in [2.45, 2.75) is 412 Å². The van der Waals surface area contributed by atoms with Gasteiger partial charge in [0.05, 0.1) is 26.4 Å². The van der Waals surface area contributed by atoms with Crippen molar-refractivity contribution >= 4 is 39.5 Å². The molecule has 558 valence electrons. The summed E-state index contributed by atoms with van der Waals surface area (Å²) in [7, 11) is -9.90. The Labute approximate surface area is 575 Å². The summed E-state index contributed by atoms with van der Waals surface area (Å²) in [5.74, 6) is -1.29. The number of hydrogen-bond acceptors (Lipinski definition) is 15. The molecule has 0 aliphatic rings. The Balaban J connectivity index is 5.18. The molecule has 0 saturated heterocycles. The Morgan fingerprint density at radius 3 is 0.723 bits per heavy atom. The van der Waals surface area contributed by atoms with Crippen LogP contribution in [-0.4, -0.2) is 96.7 Å². The lowest BCUT2D eigenvalue weighted by molar-refractivity contribution is -0.161. The molecule has 0 saturated carbocycles. The van der Waals surface area contributed by atoms with Crippen LogP contribution in [0.2, 0.25) is 0 Å². The Bertz CT molecular complexity index is 1810. The number of esters is 4. The smallest absolute Gasteiger partial charge is 0.462 e. The monoisotopic (exact) mass is 1380 g/mol. The van der Waals surface area contributed by atoms with E-state index in [4.69, 9.17) is 37.0 Å². The van der Waals surface area contributed by atoms with Crippen LogP contribution in [0.5, 0.6) is 0 Å². The van der Waals surface area contributed by atoms with Crippen LogP contribution >= 0.6 is 15.6 Å². The van der Waals surface area contributed by atoms with E-state index in [-0.39, 0.29) is 25.7 Å². The van der Waals surface area contributed by atoms with Crippen molar-refractivity contribution in [3.05, 3.63) is 0 Å². The van der Waals surface area contributed by atoms with Crippen molar-refractivity contribution < 1.29 is 80.2 Å². The minimum Gasteiger partial charge on any atom is -0.462 e. The summed E-state index contributed by atoms with van der Waals surface area (Å²) in [6, 6.07) is 0. The molecule has 0 aliphatic carbocycles. The zero-order valence-electron chi connectivity index (χ0n) is 61.1. The molecular formula is C75H146O17P2. The molecule has 0 amide bonds. The maximum absolute atomic E-state index is 13.1. The van der Waals surface area contributed by atoms with Gasteiger partial charge in [-0.3, -0.25) is 37.3 Å². The van der Waals surface area contributed by atoms with Crippen LogP contribution < -0.4 is 0 Å². The molecule has 19 heteroatoms. The van der Waals surface area contributed by atoms with E-state index < -0.39 is 97.5 Å². The predicted octanol–water partition coefficient (Wildman–Crippen LogP) is 22.1. The van der Waals surface area contributed by atoms with Gasteiger partial charge in [-0.25, -0.2) is 9.13 Å². The second-order valence-electron chi connectivity index (χ2n) is 27.5. The van der Waals surface area contributed by atoms with Crippen LogP contribution in [-0.2, 0) is 65.4 Å². The van der Waals surface area contributed by atoms with E-state index >= 15 is 0 Å². The number of hydrogen-bond donors (Lipinski definition) is 3. The van der Waals surface area contributed by atoms with Crippen molar-refractivity contribution in [3.63, 3.8) is 0 Å². The van der Waals surface area contributed by atoms with Crippen LogP contribution in [0.3, 0.4) is 0 Å². The van der Waals surface area contributed by atoms with Gasteiger partial charge in [0.1, 0.15) is 19.3 Å². The molecule has 0 fully saturated rings. The Hall–Kier alpha value is -1.94. The molecule has 0 heterocycles. The van der Waals surface area contributed by atoms with Crippen LogP contribution in [0.15, 0.2) is 0 Å². The van der Waals surface area contributed by atoms with Gasteiger partial charge in [-0.05, 0) is 31.6 Å². The number of carbonyl (C=O) groups excluding carboxylic acids is 4. The Morgan fingerprint density at radius 1 is 0.287 bits per heavy atom. The standard InChI is InChI=1S/C75H146O17P2/c1-6-9-12-15-18-21-24-31-35-40-44-49-54-59-73(78)86-65-71(92-75(80)61-56-51-46-41-36-33-30-28-26-25-27-29-32-34-37-42-47-52-57-68(4)5)67-90-94(83,84)88-63-69(76)62-87-93(81,82)89-66-70(91-74(79)60-55-50-45-39-23-20-17-14-11-8-3)64-85-72(77)58-53-48-43-38-22-19-16-13-10-7-2/h68-71,76H,6-67H2,1-5H3,(H,81,82)(H,83,84)/t69-,70+,71+/m0/s1.